The Morgan fingerprint density at radius 1 is 0.341 bits per heavy atom. The molecule has 6 aromatic carbocycles. The molecule has 0 fully saturated rings. The molecule has 0 unspecified atom stereocenters. The largest absolute Gasteiger partial charge is 2.00 e. The molecular weight excluding hydrogens is 566 g/mol. The second-order valence-electron chi connectivity index (χ2n) is 9.94. The molecule has 0 aliphatic heterocycles. The summed E-state index contributed by atoms with van der Waals surface area (Å²) in [5.74, 6) is 0. The molecule has 0 nitrogen and oxygen atoms in total. The van der Waals surface area contributed by atoms with Crippen LogP contribution in [0.5, 0.6) is 0 Å². The molecule has 0 saturated carbocycles. The molecule has 0 spiro atoms. The van der Waals surface area contributed by atoms with Crippen molar-refractivity contribution in [2.45, 2.75) is 24.6 Å². The fourth-order valence-electron chi connectivity index (χ4n) is 4.84. The van der Waals surface area contributed by atoms with Gasteiger partial charge in [0.1, 0.15) is 0 Å². The average Bonchev–Trinajstić information content (AvgIpc) is 3.75. The zero-order valence-corrected chi connectivity index (χ0v) is 26.7. The summed E-state index contributed by atoms with van der Waals surface area (Å²) in [6.45, 7) is 0. The van der Waals surface area contributed by atoms with E-state index in [0.29, 0.717) is 0 Å². The van der Waals surface area contributed by atoms with Crippen LogP contribution < -0.4 is 10.6 Å². The third-order valence-electron chi connectivity index (χ3n) is 6.89. The van der Waals surface area contributed by atoms with E-state index in [4.69, 9.17) is 0 Å². The fourth-order valence-corrected chi connectivity index (χ4v) is 9.59. The average molecular weight is 603 g/mol. The first-order valence-corrected chi connectivity index (χ1v) is 17.3. The Morgan fingerprint density at radius 2 is 0.610 bits per heavy atom. The van der Waals surface area contributed by atoms with Crippen molar-refractivity contribution in [2.24, 2.45) is 0 Å². The van der Waals surface area contributed by atoms with Crippen molar-refractivity contribution in [3.8, 4) is 0 Å². The first kappa shape index (κ1) is 31.1. The molecule has 0 aliphatic carbocycles. The molecule has 0 atom stereocenters. The van der Waals surface area contributed by atoms with E-state index in [1.165, 1.54) is 32.9 Å². The molecule has 41 heavy (non-hydrogen) atoms. The summed E-state index contributed by atoms with van der Waals surface area (Å²) in [4.78, 5) is 0. The normalized spacial score (nSPS) is 10.6. The summed E-state index contributed by atoms with van der Waals surface area (Å²) >= 11 is 0. The minimum absolute atomic E-state index is 0. The van der Waals surface area contributed by atoms with Crippen LogP contribution >= 0.6 is 15.8 Å². The van der Waals surface area contributed by atoms with Gasteiger partial charge in [-0.1, -0.05) is 137 Å². The van der Waals surface area contributed by atoms with Gasteiger partial charge in [-0.15, -0.1) is 10.6 Å². The maximum absolute atomic E-state index is 2.28. The Kier molecular flexibility index (Phi) is 13.0. The molecule has 0 saturated heterocycles. The van der Waals surface area contributed by atoms with Crippen LogP contribution in [0.1, 0.15) is 22.3 Å². The minimum atomic E-state index is -0.171. The molecular formula is C38H36P2Ti. The van der Waals surface area contributed by atoms with E-state index in [1.54, 1.807) is 0 Å². The van der Waals surface area contributed by atoms with Crippen molar-refractivity contribution in [3.05, 3.63) is 192 Å². The third-order valence-corrected chi connectivity index (χ3v) is 11.9. The molecule has 0 heterocycles. The van der Waals surface area contributed by atoms with E-state index in [2.05, 4.69) is 170 Å². The summed E-state index contributed by atoms with van der Waals surface area (Å²) in [5.41, 5.74) is 5.76. The number of hydrogen-bond acceptors (Lipinski definition) is 0. The Hall–Kier alpha value is -2.85. The van der Waals surface area contributed by atoms with Gasteiger partial charge >= 0.3 is 21.7 Å². The molecule has 0 aromatic heterocycles. The number of benzene rings is 4. The second kappa shape index (κ2) is 17.2. The zero-order chi connectivity index (χ0) is 27.2. The van der Waals surface area contributed by atoms with Crippen molar-refractivity contribution in [1.29, 1.82) is 0 Å². The Morgan fingerprint density at radius 3 is 0.829 bits per heavy atom. The van der Waals surface area contributed by atoms with Gasteiger partial charge in [-0.05, 0) is 46.9 Å². The maximum Gasteiger partial charge on any atom is 2.00 e. The van der Waals surface area contributed by atoms with Gasteiger partial charge in [0.05, 0.1) is 0 Å². The molecule has 6 rings (SSSR count). The van der Waals surface area contributed by atoms with E-state index in [9.17, 15) is 0 Å². The Bertz CT molecular complexity index is 1260. The van der Waals surface area contributed by atoms with Gasteiger partial charge < -0.3 is 0 Å². The van der Waals surface area contributed by atoms with E-state index in [1.807, 2.05) is 0 Å². The Labute approximate surface area is 263 Å². The first-order chi connectivity index (χ1) is 19.8. The SMILES string of the molecule is [Ti+2].c1ccc(CP(Cc2ccccc2)c2ccc[cH-]2)cc1.c1ccc(CP(Cc2ccccc2)c2ccc[cH-]2)cc1. The fraction of sp³-hybridized carbons (Fsp3) is 0.105. The molecule has 6 aromatic rings. The number of hydrogen-bond donors (Lipinski definition) is 0. The molecule has 0 aliphatic rings. The van der Waals surface area contributed by atoms with Gasteiger partial charge in [-0.2, -0.15) is 24.3 Å². The van der Waals surface area contributed by atoms with Gasteiger partial charge in [-0.25, -0.2) is 24.3 Å². The van der Waals surface area contributed by atoms with Gasteiger partial charge in [0, 0.05) is 0 Å². The van der Waals surface area contributed by atoms with Gasteiger partial charge in [-0.3, -0.25) is 0 Å². The summed E-state index contributed by atoms with van der Waals surface area (Å²) in [6.07, 6.45) is 4.65. The van der Waals surface area contributed by atoms with Gasteiger partial charge in [0.2, 0.25) is 0 Å². The van der Waals surface area contributed by atoms with Crippen LogP contribution in [0.4, 0.5) is 0 Å². The zero-order valence-electron chi connectivity index (χ0n) is 23.4. The van der Waals surface area contributed by atoms with Gasteiger partial charge in [0.25, 0.3) is 0 Å². The van der Waals surface area contributed by atoms with Crippen LogP contribution in [0.25, 0.3) is 0 Å². The van der Waals surface area contributed by atoms with Crippen LogP contribution in [0.3, 0.4) is 0 Å². The summed E-state index contributed by atoms with van der Waals surface area (Å²) in [6, 6.07) is 61.1. The molecule has 0 radical (unpaired) electrons. The standard InChI is InChI=1S/2C19H18P.Ti/c2*1-3-9-17(10-4-1)15-20(19-13-7-8-14-19)16-18-11-5-2-6-12-18;/h2*1-14H,15-16H2;/q2*-1;+2. The van der Waals surface area contributed by atoms with E-state index < -0.39 is 0 Å². The second-order valence-corrected chi connectivity index (χ2v) is 14.4. The molecule has 3 heteroatoms. The molecule has 0 amide bonds. The number of rotatable bonds is 10. The van der Waals surface area contributed by atoms with Crippen LogP contribution in [-0.4, -0.2) is 0 Å². The van der Waals surface area contributed by atoms with Gasteiger partial charge in [0.15, 0.2) is 0 Å². The monoisotopic (exact) mass is 602 g/mol. The molecule has 0 N–H and O–H groups in total. The van der Waals surface area contributed by atoms with Crippen molar-refractivity contribution in [1.82, 2.24) is 0 Å². The Balaban J connectivity index is 0.000000184. The topological polar surface area (TPSA) is 0 Å². The predicted molar refractivity (Wildman–Crippen MR) is 178 cm³/mol. The van der Waals surface area contributed by atoms with Crippen molar-refractivity contribution in [3.63, 3.8) is 0 Å². The van der Waals surface area contributed by atoms with Crippen LogP contribution in [-0.2, 0) is 46.4 Å². The van der Waals surface area contributed by atoms with E-state index >= 15 is 0 Å². The third kappa shape index (κ3) is 10.2. The summed E-state index contributed by atoms with van der Waals surface area (Å²) < 4.78 is 0. The van der Waals surface area contributed by atoms with Crippen LogP contribution in [0.15, 0.2) is 170 Å². The van der Waals surface area contributed by atoms with Crippen molar-refractivity contribution in [2.75, 3.05) is 0 Å². The molecule has 202 valence electrons. The van der Waals surface area contributed by atoms with Crippen molar-refractivity contribution >= 4 is 26.5 Å². The van der Waals surface area contributed by atoms with E-state index in [-0.39, 0.29) is 37.6 Å². The van der Waals surface area contributed by atoms with E-state index in [0.717, 1.165) is 24.6 Å². The maximum atomic E-state index is 2.28. The first-order valence-electron chi connectivity index (χ1n) is 13.9. The smallest absolute Gasteiger partial charge is 0.213 e. The van der Waals surface area contributed by atoms with Crippen molar-refractivity contribution < 1.29 is 21.7 Å². The predicted octanol–water partition coefficient (Wildman–Crippen LogP) is 9.82. The molecule has 0 bridgehead atoms. The summed E-state index contributed by atoms with van der Waals surface area (Å²) in [7, 11) is -0.343. The quantitative estimate of drug-likeness (QED) is 0.0832. The summed E-state index contributed by atoms with van der Waals surface area (Å²) in [5, 5.41) is 3.01. The van der Waals surface area contributed by atoms with Crippen LogP contribution in [0.2, 0.25) is 0 Å². The minimum Gasteiger partial charge on any atom is -0.213 e. The van der Waals surface area contributed by atoms with Crippen LogP contribution in [0, 0.1) is 0 Å².